The van der Waals surface area contributed by atoms with Crippen LogP contribution in [-0.4, -0.2) is 108 Å². The van der Waals surface area contributed by atoms with Crippen LogP contribution in [0.5, 0.6) is 5.75 Å². The van der Waals surface area contributed by atoms with Gasteiger partial charge < -0.3 is 40.3 Å². The summed E-state index contributed by atoms with van der Waals surface area (Å²) >= 11 is 2.98. The first-order chi connectivity index (χ1) is 29.5. The van der Waals surface area contributed by atoms with Crippen molar-refractivity contribution < 1.29 is 42.5 Å². The number of carbonyl (C=O) groups is 4. The van der Waals surface area contributed by atoms with E-state index in [0.29, 0.717) is 50.0 Å². The molecule has 2 aromatic heterocycles. The zero-order chi connectivity index (χ0) is 44.7. The van der Waals surface area contributed by atoms with E-state index in [1.54, 1.807) is 16.7 Å². The zero-order valence-electron chi connectivity index (χ0n) is 35.9. The molecule has 0 saturated carbocycles. The van der Waals surface area contributed by atoms with E-state index < -0.39 is 65.3 Å². The summed E-state index contributed by atoms with van der Waals surface area (Å²) in [4.78, 5) is 67.2. The third-order valence-corrected chi connectivity index (χ3v) is 12.8. The van der Waals surface area contributed by atoms with Gasteiger partial charge >= 0.3 is 0 Å². The van der Waals surface area contributed by atoms with Crippen LogP contribution in [0.2, 0.25) is 0 Å². The molecule has 4 heterocycles. The highest BCUT2D eigenvalue weighted by Crippen LogP contribution is 2.37. The molecule has 0 unspecified atom stereocenters. The number of likely N-dealkylation sites (tertiary alicyclic amines) is 1. The van der Waals surface area contributed by atoms with Crippen LogP contribution in [0.3, 0.4) is 0 Å². The van der Waals surface area contributed by atoms with Crippen molar-refractivity contribution in [1.82, 2.24) is 30.8 Å². The molecule has 0 bridgehead atoms. The molecule has 2 saturated heterocycles. The number of unbranched alkanes of at least 4 members (excludes halogenated alkanes) is 1. The fourth-order valence-corrected chi connectivity index (χ4v) is 9.26. The Morgan fingerprint density at radius 1 is 1.00 bits per heavy atom. The van der Waals surface area contributed by atoms with E-state index >= 15 is 0 Å². The van der Waals surface area contributed by atoms with Gasteiger partial charge in [0.2, 0.25) is 23.5 Å². The van der Waals surface area contributed by atoms with Crippen molar-refractivity contribution in [3.8, 4) is 27.4 Å². The van der Waals surface area contributed by atoms with Crippen molar-refractivity contribution in [3.05, 3.63) is 69.7 Å². The Morgan fingerprint density at radius 3 is 2.40 bits per heavy atom. The normalized spacial score (nSPS) is 17.7. The van der Waals surface area contributed by atoms with Gasteiger partial charge in [-0.05, 0) is 62.3 Å². The van der Waals surface area contributed by atoms with Crippen LogP contribution in [0.4, 0.5) is 13.9 Å². The molecule has 0 aliphatic carbocycles. The molecule has 4 N–H and O–H groups in total. The average Bonchev–Trinajstić information content (AvgIpc) is 3.98. The van der Waals surface area contributed by atoms with Crippen LogP contribution in [0.15, 0.2) is 41.8 Å². The number of aromatic nitrogens is 2. The van der Waals surface area contributed by atoms with Crippen LogP contribution in [0.1, 0.15) is 75.7 Å². The molecule has 2 fully saturated rings. The van der Waals surface area contributed by atoms with Gasteiger partial charge in [0.05, 0.1) is 46.6 Å². The Hall–Kier alpha value is -5.04. The number of aliphatic hydroxyl groups is 1. The first-order valence-electron chi connectivity index (χ1n) is 20.8. The number of nitrogens with one attached hydrogen (secondary N) is 3. The van der Waals surface area contributed by atoms with E-state index in [1.807, 2.05) is 70.7 Å². The molecule has 2 aliphatic heterocycles. The fraction of sp³-hybridized carbons (Fsp3) is 0.500. The van der Waals surface area contributed by atoms with Gasteiger partial charge in [0.1, 0.15) is 12.1 Å². The number of aryl methyl sites for hydroxylation is 2. The van der Waals surface area contributed by atoms with Gasteiger partial charge in [-0.3, -0.25) is 19.2 Å². The summed E-state index contributed by atoms with van der Waals surface area (Å²) in [5.41, 5.74) is 2.76. The number of thiazole rings is 2. The Balaban J connectivity index is 0.965. The molecule has 4 atom stereocenters. The lowest BCUT2D eigenvalue weighted by Crippen LogP contribution is -2.57. The standard InChI is InChI=1S/C44H55F2N7O7S2/c1-25(28-10-12-29(13-11-28)39-26(2)48-27(3)62-39)49-41(57)34-21-30(54)22-53(34)42(58)40(44(4,5)6)51-35(55)9-7-8-16-47-36(56)23-60-38-31(14-15-32(45)37(38)46)33-24-61-43(50-33)52-17-19-59-20-18-52/h10-15,24-25,30,34,40,54H,7-9,16-23H2,1-6H3,(H,47,56)(H,49,57)(H,51,55)/t25-,30+,34-,40+/m0/s1. The van der Waals surface area contributed by atoms with E-state index in [-0.39, 0.29) is 43.4 Å². The lowest BCUT2D eigenvalue weighted by atomic mass is 9.85. The largest absolute Gasteiger partial charge is 0.480 e. The lowest BCUT2D eigenvalue weighted by Gasteiger charge is -2.35. The third-order valence-electron chi connectivity index (χ3n) is 10.8. The van der Waals surface area contributed by atoms with E-state index in [2.05, 4.69) is 25.9 Å². The number of β-amino-alcohol motifs (C(OH)–C–C–N with tert-alkyl or cyclic N) is 1. The SMILES string of the molecule is Cc1nc(C)c(-c2ccc([C@H](C)NC(=O)[C@@H]3C[C@@H](O)CN3C(=O)[C@@H](NC(=O)CCCCNC(=O)COc3c(-c4csc(N5CCOCC5)n4)ccc(F)c3F)C(C)(C)C)cc2)s1. The van der Waals surface area contributed by atoms with Gasteiger partial charge in [0.25, 0.3) is 5.91 Å². The van der Waals surface area contributed by atoms with Crippen LogP contribution in [0.25, 0.3) is 21.7 Å². The van der Waals surface area contributed by atoms with E-state index in [4.69, 9.17) is 9.47 Å². The second kappa shape index (κ2) is 20.4. The second-order valence-electron chi connectivity index (χ2n) is 16.7. The summed E-state index contributed by atoms with van der Waals surface area (Å²) in [6.45, 7) is 13.3. The quantitative estimate of drug-likeness (QED) is 0.102. The Bertz CT molecular complexity index is 2220. The fourth-order valence-electron chi connectivity index (χ4n) is 7.46. The van der Waals surface area contributed by atoms with Gasteiger partial charge in [0.15, 0.2) is 23.3 Å². The maximum atomic E-state index is 15.0. The first-order valence-corrected chi connectivity index (χ1v) is 22.5. The molecule has 4 amide bonds. The molecule has 14 nitrogen and oxygen atoms in total. The van der Waals surface area contributed by atoms with E-state index in [0.717, 1.165) is 32.8 Å². The monoisotopic (exact) mass is 895 g/mol. The molecule has 2 aromatic carbocycles. The van der Waals surface area contributed by atoms with Crippen LogP contribution < -0.4 is 25.6 Å². The molecule has 2 aliphatic rings. The minimum Gasteiger partial charge on any atom is -0.480 e. The summed E-state index contributed by atoms with van der Waals surface area (Å²) in [6, 6.07) is 7.96. The minimum atomic E-state index is -1.22. The van der Waals surface area contributed by atoms with Gasteiger partial charge in [-0.15, -0.1) is 22.7 Å². The number of ether oxygens (including phenoxy) is 2. The predicted molar refractivity (Wildman–Crippen MR) is 234 cm³/mol. The Labute approximate surface area is 368 Å². The molecule has 0 spiro atoms. The van der Waals surface area contributed by atoms with Crippen molar-refractivity contribution in [3.63, 3.8) is 0 Å². The summed E-state index contributed by atoms with van der Waals surface area (Å²) in [5.74, 6) is -4.57. The Kier molecular flexibility index (Phi) is 15.3. The van der Waals surface area contributed by atoms with Crippen molar-refractivity contribution in [2.75, 3.05) is 50.9 Å². The number of benzene rings is 2. The molecule has 62 heavy (non-hydrogen) atoms. The van der Waals surface area contributed by atoms with Crippen LogP contribution in [-0.2, 0) is 23.9 Å². The molecular weight excluding hydrogens is 841 g/mol. The van der Waals surface area contributed by atoms with Crippen LogP contribution >= 0.6 is 22.7 Å². The molecule has 0 radical (unpaired) electrons. The number of hydrogen-bond donors (Lipinski definition) is 4. The Morgan fingerprint density at radius 2 is 1.73 bits per heavy atom. The zero-order valence-corrected chi connectivity index (χ0v) is 37.5. The van der Waals surface area contributed by atoms with Gasteiger partial charge in [-0.2, -0.15) is 4.39 Å². The number of amides is 4. The molecule has 6 rings (SSSR count). The number of morpholine rings is 1. The number of carbonyl (C=O) groups excluding carboxylic acids is 4. The number of anilines is 1. The topological polar surface area (TPSA) is 175 Å². The van der Waals surface area contributed by atoms with E-state index in [1.165, 1.54) is 22.3 Å². The highest BCUT2D eigenvalue weighted by atomic mass is 32.1. The van der Waals surface area contributed by atoms with Crippen molar-refractivity contribution >= 4 is 51.4 Å². The van der Waals surface area contributed by atoms with Crippen LogP contribution in [0, 0.1) is 30.9 Å². The van der Waals surface area contributed by atoms with Gasteiger partial charge in [-0.1, -0.05) is 45.0 Å². The summed E-state index contributed by atoms with van der Waals surface area (Å²) in [6.07, 6.45) is -0.0213. The number of aliphatic hydroxyl groups excluding tert-OH is 1. The highest BCUT2D eigenvalue weighted by molar-refractivity contribution is 7.15. The predicted octanol–water partition coefficient (Wildman–Crippen LogP) is 5.70. The van der Waals surface area contributed by atoms with E-state index in [9.17, 15) is 33.1 Å². The molecule has 4 aromatic rings. The van der Waals surface area contributed by atoms with Gasteiger partial charge in [-0.25, -0.2) is 14.4 Å². The summed E-state index contributed by atoms with van der Waals surface area (Å²) < 4.78 is 40.1. The average molecular weight is 896 g/mol. The second-order valence-corrected chi connectivity index (χ2v) is 18.8. The molecule has 18 heteroatoms. The first kappa shape index (κ1) is 46.5. The third kappa shape index (κ3) is 11.5. The molecule has 334 valence electrons. The maximum absolute atomic E-state index is 15.0. The van der Waals surface area contributed by atoms with Crippen molar-refractivity contribution in [2.45, 2.75) is 91.5 Å². The number of halogens is 2. The number of hydrogen-bond acceptors (Lipinski definition) is 12. The highest BCUT2D eigenvalue weighted by Gasteiger charge is 2.44. The maximum Gasteiger partial charge on any atom is 0.257 e. The van der Waals surface area contributed by atoms with Crippen molar-refractivity contribution in [1.29, 1.82) is 0 Å². The summed E-state index contributed by atoms with van der Waals surface area (Å²) in [7, 11) is 0. The number of rotatable bonds is 16. The van der Waals surface area contributed by atoms with Crippen molar-refractivity contribution in [2.24, 2.45) is 5.41 Å². The smallest absolute Gasteiger partial charge is 0.257 e. The summed E-state index contributed by atoms with van der Waals surface area (Å²) in [5, 5.41) is 22.6. The molecular formula is C44H55F2N7O7S2. The van der Waals surface area contributed by atoms with Gasteiger partial charge in [0, 0.05) is 50.0 Å². The minimum absolute atomic E-state index is 0.0482. The number of nitrogens with zero attached hydrogens (tertiary/aromatic N) is 4. The lowest BCUT2D eigenvalue weighted by molar-refractivity contribution is -0.144.